The van der Waals surface area contributed by atoms with E-state index in [0.29, 0.717) is 12.3 Å². The summed E-state index contributed by atoms with van der Waals surface area (Å²) in [6.45, 7) is 5.03. The monoisotopic (exact) mass is 226 g/mol. The lowest BCUT2D eigenvalue weighted by atomic mass is 9.81. The average molecular weight is 226 g/mol. The summed E-state index contributed by atoms with van der Waals surface area (Å²) in [5, 5.41) is 2.97. The van der Waals surface area contributed by atoms with Gasteiger partial charge in [-0.05, 0) is 31.1 Å². The first-order valence-corrected chi connectivity index (χ1v) is 6.70. The van der Waals surface area contributed by atoms with Crippen LogP contribution in [0.1, 0.15) is 52.4 Å². The van der Waals surface area contributed by atoms with Crippen molar-refractivity contribution in [2.24, 2.45) is 17.6 Å². The Kier molecular flexibility index (Phi) is 5.81. The molecule has 1 aliphatic rings. The molecule has 3 N–H and O–H groups in total. The number of carbonyl (C=O) groups excluding carboxylic acids is 1. The van der Waals surface area contributed by atoms with Gasteiger partial charge >= 0.3 is 0 Å². The van der Waals surface area contributed by atoms with E-state index in [1.165, 1.54) is 32.1 Å². The second-order valence-electron chi connectivity index (χ2n) is 5.05. The van der Waals surface area contributed by atoms with Gasteiger partial charge in [0, 0.05) is 6.54 Å². The van der Waals surface area contributed by atoms with Crippen LogP contribution in [0.15, 0.2) is 0 Å². The van der Waals surface area contributed by atoms with E-state index in [1.54, 1.807) is 0 Å². The molecule has 0 aromatic heterocycles. The summed E-state index contributed by atoms with van der Waals surface area (Å²) in [5.74, 6) is 1.61. The summed E-state index contributed by atoms with van der Waals surface area (Å²) in [7, 11) is 0. The van der Waals surface area contributed by atoms with Gasteiger partial charge in [-0.2, -0.15) is 0 Å². The Morgan fingerprint density at radius 3 is 2.31 bits per heavy atom. The number of nitrogens with one attached hydrogen (secondary N) is 1. The predicted octanol–water partition coefficient (Wildman–Crippen LogP) is 2.06. The van der Waals surface area contributed by atoms with Crippen molar-refractivity contribution in [3.63, 3.8) is 0 Å². The molecule has 0 unspecified atom stereocenters. The highest BCUT2D eigenvalue weighted by atomic mass is 16.2. The van der Waals surface area contributed by atoms with Crippen LogP contribution in [0, 0.1) is 11.8 Å². The quantitative estimate of drug-likeness (QED) is 0.754. The van der Waals surface area contributed by atoms with Crippen LogP contribution in [0.25, 0.3) is 0 Å². The van der Waals surface area contributed by atoms with Crippen molar-refractivity contribution >= 4 is 5.91 Å². The molecule has 1 rings (SSSR count). The summed E-state index contributed by atoms with van der Waals surface area (Å²) >= 11 is 0. The zero-order chi connectivity index (χ0) is 12.0. The number of amides is 1. The molecule has 0 aromatic carbocycles. The van der Waals surface area contributed by atoms with E-state index in [4.69, 9.17) is 5.73 Å². The van der Waals surface area contributed by atoms with Gasteiger partial charge in [0.25, 0.3) is 0 Å². The van der Waals surface area contributed by atoms with E-state index in [1.807, 2.05) is 6.92 Å². The normalized spacial score (nSPS) is 27.4. The Morgan fingerprint density at radius 2 is 1.81 bits per heavy atom. The topological polar surface area (TPSA) is 55.1 Å². The van der Waals surface area contributed by atoms with Gasteiger partial charge in [-0.25, -0.2) is 0 Å². The number of carbonyl (C=O) groups is 1. The van der Waals surface area contributed by atoms with E-state index < -0.39 is 0 Å². The van der Waals surface area contributed by atoms with Gasteiger partial charge in [0.2, 0.25) is 5.91 Å². The summed E-state index contributed by atoms with van der Waals surface area (Å²) < 4.78 is 0. The molecule has 3 heteroatoms. The largest absolute Gasteiger partial charge is 0.354 e. The standard InChI is InChI=1S/C13H26N2O/c1-3-10-5-7-11(8-6-10)9-15-13(16)12(14)4-2/h10-12H,3-9,14H2,1-2H3,(H,15,16)/t10?,11?,12-/m0/s1. The fourth-order valence-corrected chi connectivity index (χ4v) is 2.41. The van der Waals surface area contributed by atoms with Crippen LogP contribution in [0.4, 0.5) is 0 Å². The maximum atomic E-state index is 11.5. The first kappa shape index (κ1) is 13.5. The number of hydrogen-bond acceptors (Lipinski definition) is 2. The molecule has 0 spiro atoms. The second-order valence-corrected chi connectivity index (χ2v) is 5.05. The van der Waals surface area contributed by atoms with Gasteiger partial charge < -0.3 is 11.1 Å². The third-order valence-electron chi connectivity index (χ3n) is 3.89. The maximum Gasteiger partial charge on any atom is 0.236 e. The van der Waals surface area contributed by atoms with Crippen molar-refractivity contribution in [2.45, 2.75) is 58.4 Å². The zero-order valence-electron chi connectivity index (χ0n) is 10.7. The van der Waals surface area contributed by atoms with Crippen molar-refractivity contribution in [2.75, 3.05) is 6.54 Å². The molecule has 94 valence electrons. The predicted molar refractivity (Wildman–Crippen MR) is 67.0 cm³/mol. The highest BCUT2D eigenvalue weighted by molar-refractivity contribution is 5.81. The van der Waals surface area contributed by atoms with Gasteiger partial charge in [-0.3, -0.25) is 4.79 Å². The first-order valence-electron chi connectivity index (χ1n) is 6.70. The molecule has 1 aliphatic carbocycles. The van der Waals surface area contributed by atoms with E-state index in [2.05, 4.69) is 12.2 Å². The summed E-state index contributed by atoms with van der Waals surface area (Å²) in [6, 6.07) is -0.327. The lowest BCUT2D eigenvalue weighted by Gasteiger charge is -2.28. The van der Waals surface area contributed by atoms with Crippen molar-refractivity contribution < 1.29 is 4.79 Å². The van der Waals surface area contributed by atoms with Gasteiger partial charge in [-0.1, -0.05) is 33.1 Å². The lowest BCUT2D eigenvalue weighted by molar-refractivity contribution is -0.122. The second kappa shape index (κ2) is 6.89. The van der Waals surface area contributed by atoms with Crippen LogP contribution in [0.2, 0.25) is 0 Å². The Balaban J connectivity index is 2.17. The van der Waals surface area contributed by atoms with Crippen LogP contribution in [-0.4, -0.2) is 18.5 Å². The lowest BCUT2D eigenvalue weighted by Crippen LogP contribution is -2.42. The van der Waals surface area contributed by atoms with E-state index in [-0.39, 0.29) is 11.9 Å². The molecule has 1 fully saturated rings. The average Bonchev–Trinajstić information content (AvgIpc) is 2.35. The number of nitrogens with two attached hydrogens (primary N) is 1. The molecule has 0 radical (unpaired) electrons. The molecule has 0 bridgehead atoms. The van der Waals surface area contributed by atoms with Crippen molar-refractivity contribution in [1.29, 1.82) is 0 Å². The Labute approximate surface area is 99.2 Å². The number of rotatable bonds is 5. The molecule has 3 nitrogen and oxygen atoms in total. The van der Waals surface area contributed by atoms with Gasteiger partial charge in [0.15, 0.2) is 0 Å². The molecule has 0 saturated heterocycles. The molecule has 16 heavy (non-hydrogen) atoms. The van der Waals surface area contributed by atoms with Crippen LogP contribution >= 0.6 is 0 Å². The minimum absolute atomic E-state index is 0.0140. The summed E-state index contributed by atoms with van der Waals surface area (Å²) in [4.78, 5) is 11.5. The molecular formula is C13H26N2O. The smallest absolute Gasteiger partial charge is 0.236 e. The van der Waals surface area contributed by atoms with Gasteiger partial charge in [0.1, 0.15) is 0 Å². The summed E-state index contributed by atoms with van der Waals surface area (Å²) in [5.41, 5.74) is 5.66. The van der Waals surface area contributed by atoms with E-state index in [0.717, 1.165) is 12.5 Å². The van der Waals surface area contributed by atoms with Gasteiger partial charge in [-0.15, -0.1) is 0 Å². The van der Waals surface area contributed by atoms with Crippen molar-refractivity contribution in [1.82, 2.24) is 5.32 Å². The van der Waals surface area contributed by atoms with Crippen LogP contribution in [0.5, 0.6) is 0 Å². The third-order valence-corrected chi connectivity index (χ3v) is 3.89. The molecule has 1 saturated carbocycles. The molecule has 1 amide bonds. The zero-order valence-corrected chi connectivity index (χ0v) is 10.7. The van der Waals surface area contributed by atoms with Crippen LogP contribution < -0.4 is 11.1 Å². The number of hydrogen-bond donors (Lipinski definition) is 2. The third kappa shape index (κ3) is 4.12. The first-order chi connectivity index (χ1) is 7.67. The molecule has 0 aliphatic heterocycles. The summed E-state index contributed by atoms with van der Waals surface area (Å²) in [6.07, 6.45) is 7.21. The van der Waals surface area contributed by atoms with Crippen molar-refractivity contribution in [3.05, 3.63) is 0 Å². The Morgan fingerprint density at radius 1 is 1.25 bits per heavy atom. The van der Waals surface area contributed by atoms with E-state index >= 15 is 0 Å². The Hall–Kier alpha value is -0.570. The molecular weight excluding hydrogens is 200 g/mol. The Bertz CT molecular complexity index is 210. The fraction of sp³-hybridized carbons (Fsp3) is 0.923. The van der Waals surface area contributed by atoms with Gasteiger partial charge in [0.05, 0.1) is 6.04 Å². The van der Waals surface area contributed by atoms with Crippen LogP contribution in [-0.2, 0) is 4.79 Å². The minimum atomic E-state index is -0.327. The molecule has 0 aromatic rings. The highest BCUT2D eigenvalue weighted by Gasteiger charge is 2.20. The fourth-order valence-electron chi connectivity index (χ4n) is 2.41. The molecule has 1 atom stereocenters. The van der Waals surface area contributed by atoms with Crippen molar-refractivity contribution in [3.8, 4) is 0 Å². The maximum absolute atomic E-state index is 11.5. The van der Waals surface area contributed by atoms with E-state index in [9.17, 15) is 4.79 Å². The SMILES string of the molecule is CCC1CCC(CNC(=O)[C@@H](N)CC)CC1. The molecule has 0 heterocycles. The minimum Gasteiger partial charge on any atom is -0.354 e. The highest BCUT2D eigenvalue weighted by Crippen LogP contribution is 2.29. The van der Waals surface area contributed by atoms with Crippen LogP contribution in [0.3, 0.4) is 0 Å².